The normalized spacial score (nSPS) is 21.9. The summed E-state index contributed by atoms with van der Waals surface area (Å²) in [5, 5.41) is 0. The molecule has 1 heterocycles. The van der Waals surface area contributed by atoms with E-state index in [1.54, 1.807) is 0 Å². The minimum absolute atomic E-state index is 0.0697. The average molecular weight is 341 g/mol. The van der Waals surface area contributed by atoms with Crippen LogP contribution in [0.15, 0.2) is 11.6 Å². The van der Waals surface area contributed by atoms with E-state index in [0.29, 0.717) is 25.9 Å². The van der Waals surface area contributed by atoms with Crippen LogP contribution in [0.4, 0.5) is 0 Å². The highest BCUT2D eigenvalue weighted by Crippen LogP contribution is 2.64. The van der Waals surface area contributed by atoms with Gasteiger partial charge in [-0.1, -0.05) is 25.0 Å². The number of nitrogens with zero attached hydrogens (tertiary/aromatic N) is 1. The Morgan fingerprint density at radius 1 is 1.24 bits per heavy atom. The van der Waals surface area contributed by atoms with Crippen molar-refractivity contribution in [2.24, 2.45) is 0 Å². The van der Waals surface area contributed by atoms with Crippen molar-refractivity contribution < 1.29 is 28.3 Å². The van der Waals surface area contributed by atoms with Crippen molar-refractivity contribution in [3.8, 4) is 0 Å². The van der Waals surface area contributed by atoms with Crippen LogP contribution in [0.1, 0.15) is 39.5 Å². The van der Waals surface area contributed by atoms with E-state index in [9.17, 15) is 23.8 Å². The number of hydrogen-bond acceptors (Lipinski definition) is 4. The van der Waals surface area contributed by atoms with Gasteiger partial charge < -0.3 is 19.2 Å². The maximum absolute atomic E-state index is 12.1. The minimum Gasteiger partial charge on any atom is -0.323 e. The van der Waals surface area contributed by atoms with Gasteiger partial charge in [0.15, 0.2) is 0 Å². The molecule has 3 N–H and O–H groups in total. The maximum atomic E-state index is 12.1. The molecule has 21 heavy (non-hydrogen) atoms. The Labute approximate surface area is 125 Å². The molecule has 0 aromatic rings. The summed E-state index contributed by atoms with van der Waals surface area (Å²) in [6, 6.07) is 0. The van der Waals surface area contributed by atoms with Crippen LogP contribution in [0.25, 0.3) is 0 Å². The third kappa shape index (κ3) is 5.61. The standard InChI is InChI=1S/C12H25NO6P2/c1-3-5-6-11-7-9-13(10-8-11)12(20(14,15)16)21(17,18)19-4-2/h6,12H,3-5,7-10H2,1-2H3,(H,17,18)(H2,14,15,16). The van der Waals surface area contributed by atoms with E-state index in [2.05, 4.69) is 13.0 Å². The molecule has 2 atom stereocenters. The quantitative estimate of drug-likeness (QED) is 0.482. The SMILES string of the molecule is CCCC=C1CCN(C(P(=O)(O)O)P(=O)(O)OCC)CC1. The zero-order valence-corrected chi connectivity index (χ0v) is 14.3. The van der Waals surface area contributed by atoms with Crippen molar-refractivity contribution in [3.63, 3.8) is 0 Å². The molecule has 124 valence electrons. The van der Waals surface area contributed by atoms with Crippen LogP contribution in [-0.2, 0) is 13.7 Å². The summed E-state index contributed by atoms with van der Waals surface area (Å²) in [6.07, 6.45) is 5.49. The van der Waals surface area contributed by atoms with Crippen molar-refractivity contribution in [1.82, 2.24) is 4.90 Å². The molecule has 0 aromatic carbocycles. The largest absolute Gasteiger partial charge is 0.357 e. The molecule has 9 heteroatoms. The fourth-order valence-electron chi connectivity index (χ4n) is 2.46. The highest BCUT2D eigenvalue weighted by Gasteiger charge is 2.49. The predicted octanol–water partition coefficient (Wildman–Crippen LogP) is 2.49. The first-order valence-corrected chi connectivity index (χ1v) is 10.5. The second-order valence-corrected chi connectivity index (χ2v) is 9.05. The Hall–Kier alpha value is -0.0000000000000000416. The van der Waals surface area contributed by atoms with Crippen LogP contribution in [0.3, 0.4) is 0 Å². The van der Waals surface area contributed by atoms with Crippen LogP contribution < -0.4 is 0 Å². The number of hydrogen-bond donors (Lipinski definition) is 3. The van der Waals surface area contributed by atoms with Gasteiger partial charge in [0.1, 0.15) is 0 Å². The summed E-state index contributed by atoms with van der Waals surface area (Å²) in [5.41, 5.74) is -0.528. The molecule has 0 aliphatic carbocycles. The van der Waals surface area contributed by atoms with Gasteiger partial charge in [0, 0.05) is 13.1 Å². The van der Waals surface area contributed by atoms with Gasteiger partial charge in [-0.3, -0.25) is 14.0 Å². The highest BCUT2D eigenvalue weighted by molar-refractivity contribution is 7.71. The molecule has 1 aliphatic heterocycles. The van der Waals surface area contributed by atoms with Crippen molar-refractivity contribution >= 4 is 15.2 Å². The van der Waals surface area contributed by atoms with E-state index >= 15 is 0 Å². The fraction of sp³-hybridized carbons (Fsp3) is 0.833. The molecule has 1 saturated heterocycles. The van der Waals surface area contributed by atoms with Gasteiger partial charge in [0.05, 0.1) is 6.61 Å². The van der Waals surface area contributed by atoms with Crippen LogP contribution in [-0.4, -0.2) is 44.8 Å². The highest BCUT2D eigenvalue weighted by atomic mass is 31.2. The van der Waals surface area contributed by atoms with Crippen molar-refractivity contribution in [2.45, 2.75) is 45.1 Å². The summed E-state index contributed by atoms with van der Waals surface area (Å²) in [6.45, 7) is 4.23. The molecule has 1 fully saturated rings. The summed E-state index contributed by atoms with van der Waals surface area (Å²) in [4.78, 5) is 30.1. The van der Waals surface area contributed by atoms with Crippen molar-refractivity contribution in [3.05, 3.63) is 11.6 Å². The Morgan fingerprint density at radius 2 is 1.81 bits per heavy atom. The van der Waals surface area contributed by atoms with E-state index in [-0.39, 0.29) is 6.61 Å². The topological polar surface area (TPSA) is 107 Å². The third-order valence-electron chi connectivity index (χ3n) is 3.40. The van der Waals surface area contributed by atoms with Crippen LogP contribution >= 0.6 is 15.2 Å². The number of unbranched alkanes of at least 4 members (excludes halogenated alkanes) is 1. The molecule has 0 aromatic heterocycles. The molecule has 1 aliphatic rings. The number of rotatable bonds is 7. The summed E-state index contributed by atoms with van der Waals surface area (Å²) in [7, 11) is -9.16. The van der Waals surface area contributed by atoms with Gasteiger partial charge in [0.2, 0.25) is 5.52 Å². The Balaban J connectivity index is 2.85. The van der Waals surface area contributed by atoms with E-state index in [4.69, 9.17) is 4.52 Å². The predicted molar refractivity (Wildman–Crippen MR) is 81.1 cm³/mol. The van der Waals surface area contributed by atoms with Gasteiger partial charge >= 0.3 is 15.2 Å². The van der Waals surface area contributed by atoms with Gasteiger partial charge in [-0.2, -0.15) is 0 Å². The molecule has 1 rings (SSSR count). The van der Waals surface area contributed by atoms with Crippen LogP contribution in [0.2, 0.25) is 0 Å². The molecule has 0 amide bonds. The smallest absolute Gasteiger partial charge is 0.323 e. The number of allylic oxidation sites excluding steroid dienone is 1. The molecular weight excluding hydrogens is 316 g/mol. The second kappa shape index (κ2) is 8.02. The third-order valence-corrected chi connectivity index (χ3v) is 7.64. The Bertz CT molecular complexity index is 451. The molecule has 0 bridgehead atoms. The lowest BCUT2D eigenvalue weighted by Crippen LogP contribution is -2.40. The molecule has 0 radical (unpaired) electrons. The van der Waals surface area contributed by atoms with E-state index in [1.165, 1.54) is 17.4 Å². The minimum atomic E-state index is -4.77. The Kier molecular flexibility index (Phi) is 7.28. The lowest BCUT2D eigenvalue weighted by atomic mass is 10.0. The van der Waals surface area contributed by atoms with Gasteiger partial charge in [0.25, 0.3) is 0 Å². The first-order valence-electron chi connectivity index (χ1n) is 7.16. The number of likely N-dealkylation sites (tertiary alicyclic amines) is 1. The fourth-order valence-corrected chi connectivity index (χ4v) is 5.98. The maximum Gasteiger partial charge on any atom is 0.357 e. The Morgan fingerprint density at radius 3 is 2.24 bits per heavy atom. The van der Waals surface area contributed by atoms with Crippen molar-refractivity contribution in [2.75, 3.05) is 19.7 Å². The first kappa shape index (κ1) is 19.0. The molecule has 0 saturated carbocycles. The molecule has 7 nitrogen and oxygen atoms in total. The summed E-state index contributed by atoms with van der Waals surface area (Å²) in [5.74, 6) is 0. The van der Waals surface area contributed by atoms with E-state index < -0.39 is 20.7 Å². The lowest BCUT2D eigenvalue weighted by molar-refractivity contribution is 0.193. The average Bonchev–Trinajstić information content (AvgIpc) is 2.36. The number of piperidine rings is 1. The zero-order chi connectivity index (χ0) is 16.1. The molecule has 2 unspecified atom stereocenters. The summed E-state index contributed by atoms with van der Waals surface area (Å²) < 4.78 is 28.5. The summed E-state index contributed by atoms with van der Waals surface area (Å²) >= 11 is 0. The van der Waals surface area contributed by atoms with Gasteiger partial charge in [-0.05, 0) is 26.2 Å². The molecular formula is C12H25NO6P2. The van der Waals surface area contributed by atoms with Gasteiger partial charge in [-0.25, -0.2) is 0 Å². The first-order chi connectivity index (χ1) is 9.72. The van der Waals surface area contributed by atoms with Crippen LogP contribution in [0, 0.1) is 0 Å². The van der Waals surface area contributed by atoms with E-state index in [0.717, 1.165) is 12.8 Å². The van der Waals surface area contributed by atoms with E-state index in [1.807, 2.05) is 0 Å². The van der Waals surface area contributed by atoms with Crippen LogP contribution in [0.5, 0.6) is 0 Å². The zero-order valence-electron chi connectivity index (χ0n) is 12.5. The second-order valence-electron chi connectivity index (χ2n) is 5.10. The van der Waals surface area contributed by atoms with Crippen molar-refractivity contribution in [1.29, 1.82) is 0 Å². The monoisotopic (exact) mass is 341 g/mol. The van der Waals surface area contributed by atoms with Gasteiger partial charge in [-0.15, -0.1) is 0 Å². The lowest BCUT2D eigenvalue weighted by Gasteiger charge is -2.36. The molecule has 0 spiro atoms.